The molecule has 0 saturated carbocycles. The molecule has 1 N–H and O–H groups in total. The molecule has 0 atom stereocenters. The van der Waals surface area contributed by atoms with E-state index in [9.17, 15) is 18.4 Å². The van der Waals surface area contributed by atoms with Gasteiger partial charge < -0.3 is 14.5 Å². The summed E-state index contributed by atoms with van der Waals surface area (Å²) < 4.78 is 34.3. The molecule has 0 fully saturated rings. The normalized spacial score (nSPS) is 11.3. The molecule has 0 aliphatic heterocycles. The fraction of sp³-hybridized carbons (Fsp3) is 0.0588. The molecule has 0 radical (unpaired) electrons. The van der Waals surface area contributed by atoms with Gasteiger partial charge in [0.1, 0.15) is 16.9 Å². The van der Waals surface area contributed by atoms with Crippen molar-refractivity contribution in [3.63, 3.8) is 0 Å². The van der Waals surface area contributed by atoms with Crippen molar-refractivity contribution in [1.29, 1.82) is 0 Å². The molecule has 5 nitrogen and oxygen atoms in total. The zero-order valence-electron chi connectivity index (χ0n) is 12.5. The number of anilines is 1. The van der Waals surface area contributed by atoms with Gasteiger partial charge in [-0.2, -0.15) is 0 Å². The van der Waals surface area contributed by atoms with Crippen molar-refractivity contribution in [3.05, 3.63) is 70.6 Å². The molecule has 0 unspecified atom stereocenters. The first-order valence-corrected chi connectivity index (χ1v) is 7.40. The van der Waals surface area contributed by atoms with Crippen LogP contribution in [-0.4, -0.2) is 11.5 Å². The van der Waals surface area contributed by atoms with Crippen LogP contribution in [0.25, 0.3) is 11.0 Å². The number of ether oxygens (including phenoxy) is 1. The van der Waals surface area contributed by atoms with Crippen molar-refractivity contribution in [2.75, 3.05) is 5.32 Å². The number of amides is 1. The minimum absolute atomic E-state index is 0.175. The van der Waals surface area contributed by atoms with E-state index >= 15 is 0 Å². The Morgan fingerprint density at radius 3 is 2.48 bits per heavy atom. The van der Waals surface area contributed by atoms with E-state index in [2.05, 4.69) is 21.7 Å². The number of nitrogens with one attached hydrogen (secondary N) is 1. The molecule has 0 spiro atoms. The van der Waals surface area contributed by atoms with Crippen molar-refractivity contribution in [2.24, 2.45) is 0 Å². The second kappa shape index (κ2) is 6.52. The van der Waals surface area contributed by atoms with E-state index in [0.29, 0.717) is 11.0 Å². The van der Waals surface area contributed by atoms with E-state index in [-0.39, 0.29) is 17.0 Å². The predicted molar refractivity (Wildman–Crippen MR) is 88.3 cm³/mol. The Balaban J connectivity index is 1.80. The van der Waals surface area contributed by atoms with E-state index in [1.807, 2.05) is 0 Å². The van der Waals surface area contributed by atoms with Gasteiger partial charge in [-0.05, 0) is 36.4 Å². The molecule has 1 aromatic heterocycles. The molecular weight excluding hydrogens is 356 g/mol. The van der Waals surface area contributed by atoms with Gasteiger partial charge in [-0.25, -0.2) is 4.79 Å². The topological polar surface area (TPSA) is 68.5 Å². The Hall–Kier alpha value is -2.93. The Labute approximate surface area is 144 Å². The quantitative estimate of drug-likeness (QED) is 0.555. The predicted octanol–water partition coefficient (Wildman–Crippen LogP) is 4.21. The summed E-state index contributed by atoms with van der Waals surface area (Å²) in [6.45, 7) is 0. The molecule has 25 heavy (non-hydrogen) atoms. The van der Waals surface area contributed by atoms with Crippen LogP contribution in [-0.2, 0) is 0 Å². The number of alkyl halides is 3. The highest BCUT2D eigenvalue weighted by Crippen LogP contribution is 2.26. The second-order valence-corrected chi connectivity index (χ2v) is 5.45. The van der Waals surface area contributed by atoms with Crippen LogP contribution in [0.2, 0.25) is 0 Å². The number of benzene rings is 2. The highest BCUT2D eigenvalue weighted by Gasteiger charge is 2.27. The first-order chi connectivity index (χ1) is 11.8. The van der Waals surface area contributed by atoms with Crippen LogP contribution in [0.5, 0.6) is 5.75 Å². The van der Waals surface area contributed by atoms with E-state index in [4.69, 9.17) is 4.42 Å². The molecule has 0 bridgehead atoms. The largest absolute Gasteiger partial charge is 0.487 e. The Morgan fingerprint density at radius 1 is 1.12 bits per heavy atom. The van der Waals surface area contributed by atoms with Gasteiger partial charge in [0, 0.05) is 22.7 Å². The summed E-state index contributed by atoms with van der Waals surface area (Å²) in [6, 6.07) is 13.3. The third kappa shape index (κ3) is 4.13. The standard InChI is InChI=1S/C17H10ClF2NO4/c18-17(19,20)25-12-7-5-11(6-8-12)21-15(22)13-9-10-3-1-2-4-14(10)24-16(13)23/h1-9H,(H,21,22). The summed E-state index contributed by atoms with van der Waals surface area (Å²) >= 11 is 4.67. The molecule has 3 rings (SSSR count). The van der Waals surface area contributed by atoms with Crippen molar-refractivity contribution in [1.82, 2.24) is 0 Å². The molecule has 3 aromatic rings. The maximum absolute atomic E-state index is 12.5. The van der Waals surface area contributed by atoms with Crippen LogP contribution in [0, 0.1) is 0 Å². The van der Waals surface area contributed by atoms with Gasteiger partial charge in [0.25, 0.3) is 5.91 Å². The molecule has 0 aliphatic rings. The SMILES string of the molecule is O=C(Nc1ccc(OC(F)(F)Cl)cc1)c1cc2ccccc2oc1=O. The summed E-state index contributed by atoms with van der Waals surface area (Å²) in [7, 11) is 0. The number of rotatable bonds is 4. The molecule has 128 valence electrons. The smallest absolute Gasteiger partial charge is 0.422 e. The van der Waals surface area contributed by atoms with Crippen LogP contribution in [0.3, 0.4) is 0 Å². The molecular formula is C17H10ClF2NO4. The number of carbonyl (C=O) groups excluding carboxylic acids is 1. The molecule has 1 amide bonds. The summed E-state index contributed by atoms with van der Waals surface area (Å²) in [4.78, 5) is 24.2. The molecule has 1 heterocycles. The van der Waals surface area contributed by atoms with Gasteiger partial charge in [0.15, 0.2) is 0 Å². The first-order valence-electron chi connectivity index (χ1n) is 7.02. The summed E-state index contributed by atoms with van der Waals surface area (Å²) in [5.41, 5.74) is -4.13. The number of fused-ring (bicyclic) bond motifs is 1. The Bertz CT molecular complexity index is 980. The summed E-state index contributed by atoms with van der Waals surface area (Å²) in [5.74, 6) is -0.862. The number of halogens is 3. The van der Waals surface area contributed by atoms with Gasteiger partial charge in [0.2, 0.25) is 0 Å². The van der Waals surface area contributed by atoms with Crippen LogP contribution in [0.4, 0.5) is 14.5 Å². The monoisotopic (exact) mass is 365 g/mol. The van der Waals surface area contributed by atoms with Crippen molar-refractivity contribution in [3.8, 4) is 5.75 Å². The van der Waals surface area contributed by atoms with E-state index in [0.717, 1.165) is 0 Å². The van der Waals surface area contributed by atoms with E-state index in [1.165, 1.54) is 30.3 Å². The van der Waals surface area contributed by atoms with Gasteiger partial charge in [-0.3, -0.25) is 4.79 Å². The average molecular weight is 366 g/mol. The van der Waals surface area contributed by atoms with Crippen LogP contribution in [0.15, 0.2) is 63.8 Å². The highest BCUT2D eigenvalue weighted by atomic mass is 35.5. The summed E-state index contributed by atoms with van der Waals surface area (Å²) in [5, 5.41) is 3.08. The van der Waals surface area contributed by atoms with Crippen LogP contribution in [0.1, 0.15) is 10.4 Å². The van der Waals surface area contributed by atoms with E-state index < -0.39 is 17.1 Å². The Kier molecular flexibility index (Phi) is 4.41. The number of para-hydroxylation sites is 1. The molecule has 2 aromatic carbocycles. The lowest BCUT2D eigenvalue weighted by atomic mass is 10.1. The zero-order chi connectivity index (χ0) is 18.0. The lowest BCUT2D eigenvalue weighted by Crippen LogP contribution is -2.20. The van der Waals surface area contributed by atoms with Crippen LogP contribution < -0.4 is 15.7 Å². The van der Waals surface area contributed by atoms with Gasteiger partial charge in [-0.1, -0.05) is 18.2 Å². The number of carbonyl (C=O) groups is 1. The number of hydrogen-bond donors (Lipinski definition) is 1. The highest BCUT2D eigenvalue weighted by molar-refractivity contribution is 6.20. The minimum atomic E-state index is -3.82. The second-order valence-electron chi connectivity index (χ2n) is 5.01. The van der Waals surface area contributed by atoms with Crippen molar-refractivity contribution >= 4 is 34.2 Å². The van der Waals surface area contributed by atoms with Gasteiger partial charge >= 0.3 is 11.2 Å². The first kappa shape index (κ1) is 16.9. The lowest BCUT2D eigenvalue weighted by Gasteiger charge is -2.11. The summed E-state index contributed by atoms with van der Waals surface area (Å²) in [6.07, 6.45) is 0. The average Bonchev–Trinajstić information content (AvgIpc) is 2.54. The van der Waals surface area contributed by atoms with Gasteiger partial charge in [-0.15, -0.1) is 8.78 Å². The van der Waals surface area contributed by atoms with Crippen molar-refractivity contribution < 1.29 is 22.7 Å². The molecule has 8 heteroatoms. The van der Waals surface area contributed by atoms with Crippen molar-refractivity contribution in [2.45, 2.75) is 5.57 Å². The maximum Gasteiger partial charge on any atom is 0.487 e. The third-order valence-electron chi connectivity index (χ3n) is 3.23. The fourth-order valence-electron chi connectivity index (χ4n) is 2.16. The maximum atomic E-state index is 12.5. The molecule has 0 aliphatic carbocycles. The molecule has 0 saturated heterocycles. The third-order valence-corrected chi connectivity index (χ3v) is 3.31. The number of hydrogen-bond acceptors (Lipinski definition) is 4. The minimum Gasteiger partial charge on any atom is -0.422 e. The van der Waals surface area contributed by atoms with Gasteiger partial charge in [0.05, 0.1) is 0 Å². The lowest BCUT2D eigenvalue weighted by molar-refractivity contribution is -0.0964. The van der Waals surface area contributed by atoms with Crippen LogP contribution >= 0.6 is 11.6 Å². The fourth-order valence-corrected chi connectivity index (χ4v) is 2.25. The van der Waals surface area contributed by atoms with E-state index in [1.54, 1.807) is 24.3 Å². The zero-order valence-corrected chi connectivity index (χ0v) is 13.2. The Morgan fingerprint density at radius 2 is 1.80 bits per heavy atom.